The first-order valence-electron chi connectivity index (χ1n) is 5.48. The number of carbonyl (C=O) groups is 2. The molecule has 1 aliphatic rings. The van der Waals surface area contributed by atoms with Gasteiger partial charge < -0.3 is 20.3 Å². The zero-order valence-corrected chi connectivity index (χ0v) is 9.45. The topological polar surface area (TPSA) is 99.2 Å². The number of aliphatic hydroxyl groups excluding tert-OH is 1. The van der Waals surface area contributed by atoms with E-state index in [1.807, 2.05) is 6.07 Å². The second-order valence-electron chi connectivity index (χ2n) is 3.99. The number of amides is 1. The lowest BCUT2D eigenvalue weighted by molar-refractivity contribution is -0.138. The molecule has 96 valence electrons. The lowest BCUT2D eigenvalue weighted by atomic mass is 10.1. The van der Waals surface area contributed by atoms with E-state index in [1.54, 1.807) is 24.3 Å². The summed E-state index contributed by atoms with van der Waals surface area (Å²) in [7, 11) is 0. The first-order chi connectivity index (χ1) is 8.59. The fourth-order valence-corrected chi connectivity index (χ4v) is 1.59. The van der Waals surface area contributed by atoms with Crippen LogP contribution in [0.15, 0.2) is 30.3 Å². The molecule has 1 saturated heterocycles. The van der Waals surface area contributed by atoms with Crippen LogP contribution in [0.2, 0.25) is 0 Å². The third kappa shape index (κ3) is 2.85. The molecule has 0 spiro atoms. The van der Waals surface area contributed by atoms with E-state index < -0.39 is 30.2 Å². The summed E-state index contributed by atoms with van der Waals surface area (Å²) < 4.78 is 4.68. The number of carboxylic acids is 1. The molecule has 0 aromatic heterocycles. The number of nitrogens with one attached hydrogen (secondary N) is 1. The third-order valence-corrected chi connectivity index (χ3v) is 2.65. The molecule has 1 heterocycles. The molecule has 0 bridgehead atoms. The van der Waals surface area contributed by atoms with E-state index >= 15 is 0 Å². The number of carboxylic acid groups (broad SMARTS) is 1. The molecule has 6 nitrogen and oxygen atoms in total. The Morgan fingerprint density at radius 3 is 2.50 bits per heavy atom. The highest BCUT2D eigenvalue weighted by molar-refractivity contribution is 5.92. The van der Waals surface area contributed by atoms with Gasteiger partial charge in [-0.05, 0) is 5.56 Å². The SMILES string of the molecule is O=C(O)[C@@H]1O[C@H]1C(=O)NCC(O)c1ccccc1. The molecule has 1 amide bonds. The van der Waals surface area contributed by atoms with Gasteiger partial charge >= 0.3 is 5.97 Å². The largest absolute Gasteiger partial charge is 0.479 e. The monoisotopic (exact) mass is 251 g/mol. The maximum atomic E-state index is 11.4. The number of aliphatic carboxylic acids is 1. The summed E-state index contributed by atoms with van der Waals surface area (Å²) >= 11 is 0. The highest BCUT2D eigenvalue weighted by atomic mass is 16.6. The summed E-state index contributed by atoms with van der Waals surface area (Å²) in [4.78, 5) is 21.9. The Labute approximate surface area is 103 Å². The Bertz CT molecular complexity index is 447. The van der Waals surface area contributed by atoms with Crippen LogP contribution >= 0.6 is 0 Å². The quantitative estimate of drug-likeness (QED) is 0.623. The second kappa shape index (κ2) is 5.16. The predicted molar refractivity (Wildman–Crippen MR) is 60.7 cm³/mol. The molecule has 0 saturated carbocycles. The Kier molecular flexibility index (Phi) is 3.59. The molecule has 1 aromatic carbocycles. The second-order valence-corrected chi connectivity index (χ2v) is 3.99. The van der Waals surface area contributed by atoms with Crippen molar-refractivity contribution in [2.24, 2.45) is 0 Å². The Morgan fingerprint density at radius 1 is 1.28 bits per heavy atom. The molecule has 6 heteroatoms. The van der Waals surface area contributed by atoms with Crippen molar-refractivity contribution in [3.05, 3.63) is 35.9 Å². The van der Waals surface area contributed by atoms with Crippen molar-refractivity contribution in [1.82, 2.24) is 5.32 Å². The van der Waals surface area contributed by atoms with Crippen molar-refractivity contribution < 1.29 is 24.5 Å². The average molecular weight is 251 g/mol. The van der Waals surface area contributed by atoms with Crippen molar-refractivity contribution in [3.8, 4) is 0 Å². The molecule has 1 unspecified atom stereocenters. The van der Waals surface area contributed by atoms with E-state index in [4.69, 9.17) is 5.11 Å². The van der Waals surface area contributed by atoms with Crippen LogP contribution in [0.3, 0.4) is 0 Å². The predicted octanol–water partition coefficient (Wildman–Crippen LogP) is -0.312. The molecule has 1 fully saturated rings. The van der Waals surface area contributed by atoms with Crippen LogP contribution in [-0.4, -0.2) is 40.8 Å². The van der Waals surface area contributed by atoms with Crippen LogP contribution < -0.4 is 5.32 Å². The highest BCUT2D eigenvalue weighted by Crippen LogP contribution is 2.22. The van der Waals surface area contributed by atoms with Crippen LogP contribution in [0.5, 0.6) is 0 Å². The van der Waals surface area contributed by atoms with Crippen LogP contribution in [0.1, 0.15) is 11.7 Å². The maximum absolute atomic E-state index is 11.4. The zero-order chi connectivity index (χ0) is 13.1. The van der Waals surface area contributed by atoms with Gasteiger partial charge in [0, 0.05) is 6.54 Å². The van der Waals surface area contributed by atoms with E-state index in [9.17, 15) is 14.7 Å². The number of aliphatic hydroxyl groups is 1. The summed E-state index contributed by atoms with van der Waals surface area (Å²) in [6, 6.07) is 8.87. The van der Waals surface area contributed by atoms with Crippen LogP contribution in [0.4, 0.5) is 0 Å². The number of hydrogen-bond donors (Lipinski definition) is 3. The van der Waals surface area contributed by atoms with Gasteiger partial charge in [-0.3, -0.25) is 4.79 Å². The van der Waals surface area contributed by atoms with Gasteiger partial charge in [0.1, 0.15) is 0 Å². The molecule has 2 rings (SSSR count). The van der Waals surface area contributed by atoms with Gasteiger partial charge in [-0.2, -0.15) is 0 Å². The van der Waals surface area contributed by atoms with Gasteiger partial charge in [0.25, 0.3) is 5.91 Å². The number of rotatable bonds is 5. The molecule has 18 heavy (non-hydrogen) atoms. The third-order valence-electron chi connectivity index (χ3n) is 2.65. The minimum atomic E-state index is -1.15. The fourth-order valence-electron chi connectivity index (χ4n) is 1.59. The van der Waals surface area contributed by atoms with Crippen molar-refractivity contribution in [2.75, 3.05) is 6.54 Å². The molecular weight excluding hydrogens is 238 g/mol. The number of benzene rings is 1. The summed E-state index contributed by atoms with van der Waals surface area (Å²) in [5.41, 5.74) is 0.685. The smallest absolute Gasteiger partial charge is 0.336 e. The van der Waals surface area contributed by atoms with Gasteiger partial charge in [-0.15, -0.1) is 0 Å². The zero-order valence-electron chi connectivity index (χ0n) is 9.45. The van der Waals surface area contributed by atoms with E-state index in [0.717, 1.165) is 0 Å². The lowest BCUT2D eigenvalue weighted by Gasteiger charge is -2.11. The minimum absolute atomic E-state index is 0.0229. The molecule has 3 atom stereocenters. The Balaban J connectivity index is 1.79. The van der Waals surface area contributed by atoms with Crippen molar-refractivity contribution in [2.45, 2.75) is 18.3 Å². The molecule has 0 radical (unpaired) electrons. The van der Waals surface area contributed by atoms with Crippen LogP contribution in [-0.2, 0) is 14.3 Å². The molecular formula is C12H13NO5. The first-order valence-corrected chi connectivity index (χ1v) is 5.48. The summed E-state index contributed by atoms with van der Waals surface area (Å²) in [5, 5.41) is 20.8. The Morgan fingerprint density at radius 2 is 1.94 bits per heavy atom. The Hall–Kier alpha value is -1.92. The standard InChI is InChI=1S/C12H13NO5/c14-8(7-4-2-1-3-5-7)6-13-11(15)9-10(18-9)12(16)17/h1-5,8-10,14H,6H2,(H,13,15)(H,16,17)/t8?,9-,10-/m1/s1. The number of ether oxygens (including phenoxy) is 1. The van der Waals surface area contributed by atoms with E-state index in [0.29, 0.717) is 5.56 Å². The average Bonchev–Trinajstić information content (AvgIpc) is 3.17. The minimum Gasteiger partial charge on any atom is -0.479 e. The number of epoxide rings is 1. The fraction of sp³-hybridized carbons (Fsp3) is 0.333. The van der Waals surface area contributed by atoms with E-state index in [1.165, 1.54) is 0 Å². The summed E-state index contributed by atoms with van der Waals surface area (Å²) in [6.45, 7) is 0.0229. The van der Waals surface area contributed by atoms with Gasteiger partial charge in [-0.25, -0.2) is 4.79 Å². The highest BCUT2D eigenvalue weighted by Gasteiger charge is 2.50. The molecule has 0 aliphatic carbocycles. The molecule has 1 aromatic rings. The van der Waals surface area contributed by atoms with Crippen LogP contribution in [0.25, 0.3) is 0 Å². The molecule has 1 aliphatic heterocycles. The van der Waals surface area contributed by atoms with Gasteiger partial charge in [0.15, 0.2) is 12.2 Å². The van der Waals surface area contributed by atoms with Gasteiger partial charge in [0.05, 0.1) is 6.10 Å². The van der Waals surface area contributed by atoms with Crippen LogP contribution in [0, 0.1) is 0 Å². The van der Waals surface area contributed by atoms with Crippen molar-refractivity contribution >= 4 is 11.9 Å². The van der Waals surface area contributed by atoms with E-state index in [-0.39, 0.29) is 6.54 Å². The van der Waals surface area contributed by atoms with Crippen molar-refractivity contribution in [3.63, 3.8) is 0 Å². The van der Waals surface area contributed by atoms with Crippen molar-refractivity contribution in [1.29, 1.82) is 0 Å². The van der Waals surface area contributed by atoms with Gasteiger partial charge in [0.2, 0.25) is 0 Å². The summed E-state index contributed by atoms with van der Waals surface area (Å²) in [5.74, 6) is -1.67. The van der Waals surface area contributed by atoms with E-state index in [2.05, 4.69) is 10.1 Å². The normalized spacial score (nSPS) is 23.2. The molecule has 3 N–H and O–H groups in total. The summed E-state index contributed by atoms with van der Waals surface area (Å²) in [6.07, 6.45) is -2.82. The maximum Gasteiger partial charge on any atom is 0.336 e. The number of carbonyl (C=O) groups excluding carboxylic acids is 1. The lowest BCUT2D eigenvalue weighted by Crippen LogP contribution is -2.33. The first kappa shape index (κ1) is 12.5. The van der Waals surface area contributed by atoms with Gasteiger partial charge in [-0.1, -0.05) is 30.3 Å². The number of hydrogen-bond acceptors (Lipinski definition) is 4.